The van der Waals surface area contributed by atoms with Gasteiger partial charge in [-0.2, -0.15) is 5.26 Å². The van der Waals surface area contributed by atoms with Gasteiger partial charge >= 0.3 is 0 Å². The molecule has 2 rings (SSSR count). The van der Waals surface area contributed by atoms with Crippen molar-refractivity contribution in [1.29, 1.82) is 5.26 Å². The van der Waals surface area contributed by atoms with Crippen molar-refractivity contribution in [2.75, 3.05) is 0 Å². The number of aliphatic hydroxyl groups excluding tert-OH is 1. The number of aromatic amines is 1. The van der Waals surface area contributed by atoms with Crippen molar-refractivity contribution in [2.45, 2.75) is 19.1 Å². The zero-order valence-electron chi connectivity index (χ0n) is 11.6. The van der Waals surface area contributed by atoms with Crippen LogP contribution in [0.5, 0.6) is 0 Å². The van der Waals surface area contributed by atoms with Crippen LogP contribution >= 0.6 is 0 Å². The van der Waals surface area contributed by atoms with Gasteiger partial charge in [0, 0.05) is 6.20 Å². The normalized spacial score (nSPS) is 13.2. The molecule has 5 nitrogen and oxygen atoms in total. The minimum atomic E-state index is -1.20. The van der Waals surface area contributed by atoms with Crippen LogP contribution in [0.1, 0.15) is 34.6 Å². The van der Waals surface area contributed by atoms with Crippen molar-refractivity contribution in [3.63, 3.8) is 0 Å². The maximum absolute atomic E-state index is 13.2. The number of hydrogen-bond acceptors (Lipinski definition) is 3. The van der Waals surface area contributed by atoms with Gasteiger partial charge in [-0.25, -0.2) is 8.78 Å². The SMILES string of the molecule is C[C@@H](NC(=O)c1cc(C#N)c[nH]1)[C@H](O)c1ccc(F)c(F)c1. The van der Waals surface area contributed by atoms with Crippen molar-refractivity contribution in [3.8, 4) is 6.07 Å². The highest BCUT2D eigenvalue weighted by Crippen LogP contribution is 2.19. The number of aromatic nitrogens is 1. The molecule has 22 heavy (non-hydrogen) atoms. The summed E-state index contributed by atoms with van der Waals surface area (Å²) in [5, 5.41) is 21.3. The number of nitrogens with one attached hydrogen (secondary N) is 2. The number of halogens is 2. The summed E-state index contributed by atoms with van der Waals surface area (Å²) in [6, 6.07) is 5.53. The van der Waals surface area contributed by atoms with E-state index in [-0.39, 0.29) is 11.3 Å². The Hall–Kier alpha value is -2.72. The summed E-state index contributed by atoms with van der Waals surface area (Å²) < 4.78 is 26.0. The van der Waals surface area contributed by atoms with E-state index in [0.717, 1.165) is 12.1 Å². The molecule has 0 aliphatic heterocycles. The van der Waals surface area contributed by atoms with Crippen molar-refractivity contribution >= 4 is 5.91 Å². The molecule has 0 aliphatic rings. The third-order valence-electron chi connectivity index (χ3n) is 3.17. The van der Waals surface area contributed by atoms with Crippen LogP contribution in [0.2, 0.25) is 0 Å². The number of carbonyl (C=O) groups is 1. The second-order valence-electron chi connectivity index (χ2n) is 4.79. The van der Waals surface area contributed by atoms with Crippen LogP contribution < -0.4 is 5.32 Å². The number of nitriles is 1. The van der Waals surface area contributed by atoms with E-state index >= 15 is 0 Å². The molecule has 0 spiro atoms. The van der Waals surface area contributed by atoms with E-state index in [9.17, 15) is 18.7 Å². The fourth-order valence-electron chi connectivity index (χ4n) is 1.94. The van der Waals surface area contributed by atoms with Gasteiger partial charge in [-0.15, -0.1) is 0 Å². The van der Waals surface area contributed by atoms with E-state index in [4.69, 9.17) is 5.26 Å². The molecule has 0 saturated heterocycles. The van der Waals surface area contributed by atoms with Gasteiger partial charge in [0.1, 0.15) is 11.8 Å². The van der Waals surface area contributed by atoms with Crippen LogP contribution in [0.15, 0.2) is 30.5 Å². The van der Waals surface area contributed by atoms with E-state index < -0.39 is 29.7 Å². The molecule has 0 saturated carbocycles. The summed E-state index contributed by atoms with van der Waals surface area (Å²) in [6.07, 6.45) is 0.176. The number of benzene rings is 1. The lowest BCUT2D eigenvalue weighted by atomic mass is 10.0. The summed E-state index contributed by atoms with van der Waals surface area (Å²) in [5.74, 6) is -2.60. The summed E-state index contributed by atoms with van der Waals surface area (Å²) in [6.45, 7) is 1.53. The Kier molecular flexibility index (Phi) is 4.53. The van der Waals surface area contributed by atoms with E-state index in [0.29, 0.717) is 5.56 Å². The lowest BCUT2D eigenvalue weighted by Crippen LogP contribution is -2.37. The lowest BCUT2D eigenvalue weighted by Gasteiger charge is -2.20. The molecule has 2 atom stereocenters. The maximum atomic E-state index is 13.2. The van der Waals surface area contributed by atoms with Crippen LogP contribution in [-0.4, -0.2) is 22.0 Å². The van der Waals surface area contributed by atoms with Gasteiger partial charge in [0.25, 0.3) is 5.91 Å². The second-order valence-corrected chi connectivity index (χ2v) is 4.79. The largest absolute Gasteiger partial charge is 0.386 e. The highest BCUT2D eigenvalue weighted by molar-refractivity contribution is 5.93. The molecule has 0 fully saturated rings. The first-order valence-electron chi connectivity index (χ1n) is 6.44. The molecular weight excluding hydrogens is 292 g/mol. The first kappa shape index (κ1) is 15.7. The smallest absolute Gasteiger partial charge is 0.268 e. The Morgan fingerprint density at radius 2 is 2.09 bits per heavy atom. The van der Waals surface area contributed by atoms with Gasteiger partial charge in [-0.05, 0) is 30.7 Å². The zero-order chi connectivity index (χ0) is 16.3. The van der Waals surface area contributed by atoms with Gasteiger partial charge in [0.2, 0.25) is 0 Å². The minimum Gasteiger partial charge on any atom is -0.386 e. The fourth-order valence-corrected chi connectivity index (χ4v) is 1.94. The molecule has 114 valence electrons. The second kappa shape index (κ2) is 6.37. The predicted molar refractivity (Wildman–Crippen MR) is 73.8 cm³/mol. The number of rotatable bonds is 4. The first-order chi connectivity index (χ1) is 10.4. The number of carbonyl (C=O) groups excluding carboxylic acids is 1. The van der Waals surface area contributed by atoms with Gasteiger partial charge in [0.15, 0.2) is 11.6 Å². The summed E-state index contributed by atoms with van der Waals surface area (Å²) in [4.78, 5) is 14.6. The number of amides is 1. The maximum Gasteiger partial charge on any atom is 0.268 e. The number of nitrogens with zero attached hydrogens (tertiary/aromatic N) is 1. The highest BCUT2D eigenvalue weighted by Gasteiger charge is 2.21. The van der Waals surface area contributed by atoms with Gasteiger partial charge in [-0.3, -0.25) is 4.79 Å². The standard InChI is InChI=1S/C15H13F2N3O2/c1-8(14(21)10-2-3-11(16)12(17)5-10)20-15(22)13-4-9(6-18)7-19-13/h2-5,7-8,14,19,21H,1H3,(H,20,22)/t8-,14+/m1/s1. The molecule has 1 amide bonds. The molecule has 0 unspecified atom stereocenters. The molecule has 2 aromatic rings. The quantitative estimate of drug-likeness (QED) is 0.807. The Bertz CT molecular complexity index is 737. The van der Waals surface area contributed by atoms with E-state index in [1.165, 1.54) is 25.3 Å². The van der Waals surface area contributed by atoms with Crippen LogP contribution in [0.25, 0.3) is 0 Å². The third-order valence-corrected chi connectivity index (χ3v) is 3.17. The summed E-state index contributed by atoms with van der Waals surface area (Å²) >= 11 is 0. The van der Waals surface area contributed by atoms with Gasteiger partial charge < -0.3 is 15.4 Å². The highest BCUT2D eigenvalue weighted by atomic mass is 19.2. The Morgan fingerprint density at radius 3 is 2.68 bits per heavy atom. The Morgan fingerprint density at radius 1 is 1.36 bits per heavy atom. The van der Waals surface area contributed by atoms with E-state index in [2.05, 4.69) is 10.3 Å². The molecule has 0 bridgehead atoms. The van der Waals surface area contributed by atoms with Crippen LogP contribution in [0.3, 0.4) is 0 Å². The molecule has 1 heterocycles. The van der Waals surface area contributed by atoms with Gasteiger partial charge in [-0.1, -0.05) is 6.07 Å². The summed E-state index contributed by atoms with van der Waals surface area (Å²) in [5.41, 5.74) is 0.621. The van der Waals surface area contributed by atoms with E-state index in [1.807, 2.05) is 6.07 Å². The van der Waals surface area contributed by atoms with Crippen LogP contribution in [-0.2, 0) is 0 Å². The Balaban J connectivity index is 2.07. The molecule has 1 aromatic carbocycles. The predicted octanol–water partition coefficient (Wildman–Crippen LogP) is 2.02. The Labute approximate surface area is 125 Å². The average Bonchev–Trinajstić information content (AvgIpc) is 2.98. The molecule has 3 N–H and O–H groups in total. The van der Waals surface area contributed by atoms with Crippen molar-refractivity contribution in [3.05, 3.63) is 58.9 Å². The fraction of sp³-hybridized carbons (Fsp3) is 0.200. The number of aliphatic hydroxyl groups is 1. The monoisotopic (exact) mass is 305 g/mol. The molecule has 0 radical (unpaired) electrons. The molecule has 7 heteroatoms. The first-order valence-corrected chi connectivity index (χ1v) is 6.44. The zero-order valence-corrected chi connectivity index (χ0v) is 11.6. The van der Waals surface area contributed by atoms with Crippen LogP contribution in [0.4, 0.5) is 8.78 Å². The van der Waals surface area contributed by atoms with Crippen molar-refractivity contribution < 1.29 is 18.7 Å². The minimum absolute atomic E-state index is 0.149. The topological polar surface area (TPSA) is 88.9 Å². The third kappa shape index (κ3) is 3.30. The molecular formula is C15H13F2N3O2. The molecule has 1 aromatic heterocycles. The average molecular weight is 305 g/mol. The van der Waals surface area contributed by atoms with Gasteiger partial charge in [0.05, 0.1) is 17.7 Å². The number of H-pyrrole nitrogens is 1. The van der Waals surface area contributed by atoms with E-state index in [1.54, 1.807) is 0 Å². The number of hydrogen-bond donors (Lipinski definition) is 3. The lowest BCUT2D eigenvalue weighted by molar-refractivity contribution is 0.0847. The van der Waals surface area contributed by atoms with Crippen molar-refractivity contribution in [1.82, 2.24) is 10.3 Å². The summed E-state index contributed by atoms with van der Waals surface area (Å²) in [7, 11) is 0. The van der Waals surface area contributed by atoms with Crippen LogP contribution in [0, 0.1) is 23.0 Å². The van der Waals surface area contributed by atoms with Crippen molar-refractivity contribution in [2.24, 2.45) is 0 Å². The molecule has 0 aliphatic carbocycles.